The molecular formula is C20H32N4O5S. The topological polar surface area (TPSA) is 113 Å². The van der Waals surface area contributed by atoms with E-state index in [2.05, 4.69) is 17.1 Å². The zero-order valence-electron chi connectivity index (χ0n) is 18.0. The van der Waals surface area contributed by atoms with Crippen LogP contribution in [0.25, 0.3) is 0 Å². The second-order valence-electron chi connectivity index (χ2n) is 7.79. The molecule has 2 rings (SSSR count). The molecule has 1 aliphatic rings. The fourth-order valence-electron chi connectivity index (χ4n) is 3.87. The Morgan fingerprint density at radius 3 is 2.73 bits per heavy atom. The molecule has 0 spiro atoms. The first-order valence-electron chi connectivity index (χ1n) is 10.4. The lowest BCUT2D eigenvalue weighted by molar-refractivity contribution is -0.384. The number of carbonyl (C=O) groups is 1. The molecule has 0 radical (unpaired) electrons. The first-order chi connectivity index (χ1) is 14.1. The summed E-state index contributed by atoms with van der Waals surface area (Å²) in [7, 11) is -3.79. The molecule has 0 bridgehead atoms. The highest BCUT2D eigenvalue weighted by Gasteiger charge is 2.24. The van der Waals surface area contributed by atoms with E-state index < -0.39 is 27.4 Å². The van der Waals surface area contributed by atoms with Gasteiger partial charge in [-0.2, -0.15) is 0 Å². The van der Waals surface area contributed by atoms with Crippen molar-refractivity contribution in [2.24, 2.45) is 0 Å². The number of piperidine rings is 1. The Morgan fingerprint density at radius 1 is 1.37 bits per heavy atom. The maximum atomic E-state index is 12.4. The molecule has 0 aromatic heterocycles. The Hall–Kier alpha value is -2.20. The fourth-order valence-corrected chi connectivity index (χ4v) is 4.78. The van der Waals surface area contributed by atoms with Gasteiger partial charge >= 0.3 is 0 Å². The normalized spacial score (nSPS) is 17.5. The summed E-state index contributed by atoms with van der Waals surface area (Å²) in [5.74, 6) is -0.433. The average Bonchev–Trinajstić information content (AvgIpc) is 2.69. The van der Waals surface area contributed by atoms with Crippen molar-refractivity contribution in [3.63, 3.8) is 0 Å². The van der Waals surface area contributed by atoms with Crippen LogP contribution in [-0.4, -0.2) is 62.6 Å². The molecule has 9 nitrogen and oxygen atoms in total. The van der Waals surface area contributed by atoms with E-state index in [1.807, 2.05) is 0 Å². The van der Waals surface area contributed by atoms with Gasteiger partial charge in [0.05, 0.1) is 16.9 Å². The minimum absolute atomic E-state index is 0.140. The molecule has 1 unspecified atom stereocenters. The molecule has 1 fully saturated rings. The number of non-ortho nitro benzene ring substituents is 1. The van der Waals surface area contributed by atoms with Crippen LogP contribution in [0.5, 0.6) is 0 Å². The SMILES string of the molecule is CCC1CCCCN1CCCNC(=O)CN(c1cc([N+](=O)[O-])ccc1C)S(C)(=O)=O. The van der Waals surface area contributed by atoms with Crippen molar-refractivity contribution < 1.29 is 18.1 Å². The van der Waals surface area contributed by atoms with Gasteiger partial charge in [0.2, 0.25) is 15.9 Å². The lowest BCUT2D eigenvalue weighted by Crippen LogP contribution is -2.43. The summed E-state index contributed by atoms with van der Waals surface area (Å²) in [6.07, 6.45) is 6.59. The summed E-state index contributed by atoms with van der Waals surface area (Å²) < 4.78 is 25.5. The van der Waals surface area contributed by atoms with Gasteiger partial charge in [0.1, 0.15) is 6.54 Å². The highest BCUT2D eigenvalue weighted by molar-refractivity contribution is 7.92. The number of carbonyl (C=O) groups excluding carboxylic acids is 1. The largest absolute Gasteiger partial charge is 0.354 e. The van der Waals surface area contributed by atoms with Gasteiger partial charge in [0, 0.05) is 31.3 Å². The van der Waals surface area contributed by atoms with E-state index in [9.17, 15) is 23.3 Å². The molecular weight excluding hydrogens is 408 g/mol. The molecule has 0 saturated carbocycles. The van der Waals surface area contributed by atoms with Gasteiger partial charge in [-0.25, -0.2) is 8.42 Å². The van der Waals surface area contributed by atoms with Crippen LogP contribution in [0, 0.1) is 17.0 Å². The first kappa shape index (κ1) is 24.1. The van der Waals surface area contributed by atoms with Crippen LogP contribution < -0.4 is 9.62 Å². The number of hydrogen-bond acceptors (Lipinski definition) is 6. The Labute approximate surface area is 178 Å². The van der Waals surface area contributed by atoms with E-state index in [1.165, 1.54) is 37.5 Å². The van der Waals surface area contributed by atoms with Crippen LogP contribution in [0.1, 0.15) is 44.6 Å². The third-order valence-electron chi connectivity index (χ3n) is 5.52. The maximum absolute atomic E-state index is 12.4. The van der Waals surface area contributed by atoms with Crippen molar-refractivity contribution in [2.45, 2.75) is 52.0 Å². The number of aryl methyl sites for hydroxylation is 1. The minimum atomic E-state index is -3.79. The van der Waals surface area contributed by atoms with Gasteiger partial charge in [-0.3, -0.25) is 19.2 Å². The third-order valence-corrected chi connectivity index (χ3v) is 6.65. The zero-order valence-corrected chi connectivity index (χ0v) is 18.8. The van der Waals surface area contributed by atoms with Gasteiger partial charge in [0.15, 0.2) is 0 Å². The smallest absolute Gasteiger partial charge is 0.271 e. The first-order valence-corrected chi connectivity index (χ1v) is 12.2. The predicted molar refractivity (Wildman–Crippen MR) is 117 cm³/mol. The van der Waals surface area contributed by atoms with E-state index in [0.717, 1.165) is 36.5 Å². The molecule has 1 aromatic carbocycles. The van der Waals surface area contributed by atoms with Gasteiger partial charge < -0.3 is 10.2 Å². The number of rotatable bonds is 10. The van der Waals surface area contributed by atoms with Gasteiger partial charge in [-0.1, -0.05) is 19.4 Å². The number of nitro benzene ring substituents is 1. The van der Waals surface area contributed by atoms with Crippen LogP contribution in [0.4, 0.5) is 11.4 Å². The van der Waals surface area contributed by atoms with Crippen LogP contribution in [-0.2, 0) is 14.8 Å². The number of anilines is 1. The van der Waals surface area contributed by atoms with Crippen molar-refractivity contribution in [1.82, 2.24) is 10.2 Å². The predicted octanol–water partition coefficient (Wildman–Crippen LogP) is 2.44. The molecule has 1 N–H and O–H groups in total. The van der Waals surface area contributed by atoms with Crippen LogP contribution in [0.3, 0.4) is 0 Å². The molecule has 0 aliphatic carbocycles. The van der Waals surface area contributed by atoms with Crippen molar-refractivity contribution in [3.8, 4) is 0 Å². The summed E-state index contributed by atoms with van der Waals surface area (Å²) in [6, 6.07) is 4.58. The number of amides is 1. The number of hydrogen-bond donors (Lipinski definition) is 1. The van der Waals surface area contributed by atoms with Crippen LogP contribution >= 0.6 is 0 Å². The van der Waals surface area contributed by atoms with Crippen molar-refractivity contribution in [3.05, 3.63) is 33.9 Å². The Kier molecular flexibility index (Phi) is 8.60. The number of nitrogens with one attached hydrogen (secondary N) is 1. The monoisotopic (exact) mass is 440 g/mol. The lowest BCUT2D eigenvalue weighted by Gasteiger charge is -2.35. The summed E-state index contributed by atoms with van der Waals surface area (Å²) in [5, 5.41) is 13.8. The third kappa shape index (κ3) is 6.66. The Morgan fingerprint density at radius 2 is 2.10 bits per heavy atom. The van der Waals surface area contributed by atoms with E-state index in [0.29, 0.717) is 18.2 Å². The van der Waals surface area contributed by atoms with Gasteiger partial charge in [-0.15, -0.1) is 0 Å². The average molecular weight is 441 g/mol. The molecule has 30 heavy (non-hydrogen) atoms. The fraction of sp³-hybridized carbons (Fsp3) is 0.650. The molecule has 1 atom stereocenters. The lowest BCUT2D eigenvalue weighted by atomic mass is 10.00. The Balaban J connectivity index is 1.97. The minimum Gasteiger partial charge on any atom is -0.354 e. The van der Waals surface area contributed by atoms with E-state index in [4.69, 9.17) is 0 Å². The summed E-state index contributed by atoms with van der Waals surface area (Å²) in [6.45, 7) is 5.87. The molecule has 168 valence electrons. The van der Waals surface area contributed by atoms with Crippen molar-refractivity contribution >= 4 is 27.3 Å². The summed E-state index contributed by atoms with van der Waals surface area (Å²) >= 11 is 0. The second kappa shape index (κ2) is 10.7. The zero-order chi connectivity index (χ0) is 22.3. The molecule has 1 amide bonds. The molecule has 10 heteroatoms. The van der Waals surface area contributed by atoms with Gasteiger partial charge in [-0.05, 0) is 44.7 Å². The second-order valence-corrected chi connectivity index (χ2v) is 9.70. The Bertz CT molecular complexity index is 859. The maximum Gasteiger partial charge on any atom is 0.271 e. The van der Waals surface area contributed by atoms with E-state index in [1.54, 1.807) is 6.92 Å². The van der Waals surface area contributed by atoms with Crippen molar-refractivity contribution in [2.75, 3.05) is 36.7 Å². The van der Waals surface area contributed by atoms with Gasteiger partial charge in [0.25, 0.3) is 5.69 Å². The molecule has 1 aromatic rings. The molecule has 1 saturated heterocycles. The highest BCUT2D eigenvalue weighted by Crippen LogP contribution is 2.27. The van der Waals surface area contributed by atoms with Crippen LogP contribution in [0.2, 0.25) is 0 Å². The summed E-state index contributed by atoms with van der Waals surface area (Å²) in [4.78, 5) is 25.3. The molecule has 1 heterocycles. The summed E-state index contributed by atoms with van der Waals surface area (Å²) in [5.41, 5.74) is 0.451. The molecule has 1 aliphatic heterocycles. The number of nitrogens with zero attached hydrogens (tertiary/aromatic N) is 3. The number of likely N-dealkylation sites (tertiary alicyclic amines) is 1. The van der Waals surface area contributed by atoms with E-state index >= 15 is 0 Å². The standard InChI is InChI=1S/C20H32N4O5S/c1-4-17-8-5-6-12-22(17)13-7-11-21-20(25)15-23(30(3,28)29)19-14-18(24(26)27)10-9-16(19)2/h9-10,14,17H,4-8,11-13,15H2,1-3H3,(H,21,25). The van der Waals surface area contributed by atoms with E-state index in [-0.39, 0.29) is 11.4 Å². The number of nitro groups is 1. The number of benzene rings is 1. The van der Waals surface area contributed by atoms with Crippen molar-refractivity contribution in [1.29, 1.82) is 0 Å². The quantitative estimate of drug-likeness (QED) is 0.340. The number of sulfonamides is 1. The highest BCUT2D eigenvalue weighted by atomic mass is 32.2. The van der Waals surface area contributed by atoms with Crippen LogP contribution in [0.15, 0.2) is 18.2 Å².